The lowest BCUT2D eigenvalue weighted by molar-refractivity contribution is 1.05. The van der Waals surface area contributed by atoms with Crippen molar-refractivity contribution in [3.8, 4) is 40.2 Å². The number of nitrogens with zero attached hydrogens (tertiary/aromatic N) is 7. The Hall–Kier alpha value is -9.25. The fourth-order valence-electron chi connectivity index (χ4n) is 11.2. The summed E-state index contributed by atoms with van der Waals surface area (Å²) in [5.74, 6) is 0.597. The second-order valence-corrected chi connectivity index (χ2v) is 17.8. The fourth-order valence-corrected chi connectivity index (χ4v) is 11.2. The number of rotatable bonds is 5. The van der Waals surface area contributed by atoms with E-state index in [1.54, 1.807) is 0 Å². The van der Waals surface area contributed by atoms with Crippen LogP contribution in [0.2, 0.25) is 0 Å². The molecule has 0 N–H and O–H groups in total. The molecule has 7 nitrogen and oxygen atoms in total. The van der Waals surface area contributed by atoms with Gasteiger partial charge >= 0.3 is 0 Å². The van der Waals surface area contributed by atoms with Crippen LogP contribution < -0.4 is 0 Å². The van der Waals surface area contributed by atoms with Crippen molar-refractivity contribution in [1.82, 2.24) is 28.2 Å². The summed E-state index contributed by atoms with van der Waals surface area (Å²) >= 11 is 0. The number of para-hydroxylation sites is 6. The monoisotopic (exact) mass is 869 g/mol. The molecule has 9 aromatic carbocycles. The Balaban J connectivity index is 1.07. The van der Waals surface area contributed by atoms with Crippen molar-refractivity contribution >= 4 is 87.2 Å². The molecular weight excluding hydrogens is 831 g/mol. The van der Waals surface area contributed by atoms with E-state index in [1.165, 1.54) is 21.5 Å². The molecule has 0 atom stereocenters. The largest absolute Gasteiger partial charge is 0.309 e. The number of fused-ring (bicyclic) bond motifs is 12. The van der Waals surface area contributed by atoms with Crippen LogP contribution >= 0.6 is 0 Å². The van der Waals surface area contributed by atoms with Gasteiger partial charge in [0.2, 0.25) is 0 Å². The van der Waals surface area contributed by atoms with Gasteiger partial charge in [0.05, 0.1) is 61.1 Å². The van der Waals surface area contributed by atoms with E-state index in [9.17, 15) is 5.26 Å². The van der Waals surface area contributed by atoms with E-state index < -0.39 is 0 Å². The van der Waals surface area contributed by atoms with E-state index >= 15 is 0 Å². The molecule has 318 valence electrons. The van der Waals surface area contributed by atoms with Crippen LogP contribution in [-0.2, 0) is 0 Å². The molecule has 0 aliphatic rings. The quantitative estimate of drug-likeness (QED) is 0.173. The van der Waals surface area contributed by atoms with Crippen molar-refractivity contribution in [2.75, 3.05) is 0 Å². The zero-order chi connectivity index (χ0) is 45.2. The van der Waals surface area contributed by atoms with Crippen molar-refractivity contribution < 1.29 is 0 Å². The molecule has 0 aliphatic carbocycles. The minimum absolute atomic E-state index is 0.530. The highest BCUT2D eigenvalue weighted by Crippen LogP contribution is 2.43. The highest BCUT2D eigenvalue weighted by Gasteiger charge is 2.24. The van der Waals surface area contributed by atoms with Crippen molar-refractivity contribution in [3.63, 3.8) is 0 Å². The smallest absolute Gasteiger partial charge is 0.161 e. The number of aryl methyl sites for hydroxylation is 2. The van der Waals surface area contributed by atoms with Crippen LogP contribution in [0.25, 0.3) is 121 Å². The Morgan fingerprint density at radius 1 is 0.338 bits per heavy atom. The molecule has 0 aliphatic heterocycles. The average Bonchev–Trinajstić information content (AvgIpc) is 4.10. The van der Waals surface area contributed by atoms with Gasteiger partial charge in [-0.25, -0.2) is 9.97 Å². The molecular formula is C61H39N7. The van der Waals surface area contributed by atoms with Crippen LogP contribution in [0.3, 0.4) is 0 Å². The molecule has 5 heterocycles. The Bertz CT molecular complexity index is 4360. The number of aromatic nitrogens is 6. The van der Waals surface area contributed by atoms with E-state index in [0.29, 0.717) is 11.4 Å². The molecule has 0 bridgehead atoms. The van der Waals surface area contributed by atoms with Crippen molar-refractivity contribution in [2.24, 2.45) is 0 Å². The average molecular weight is 870 g/mol. The Morgan fingerprint density at radius 3 is 1.06 bits per heavy atom. The lowest BCUT2D eigenvalue weighted by atomic mass is 10.0. The van der Waals surface area contributed by atoms with Crippen LogP contribution in [0.5, 0.6) is 0 Å². The molecule has 0 saturated heterocycles. The second kappa shape index (κ2) is 14.4. The molecule has 0 amide bonds. The topological polar surface area (TPSA) is 69.3 Å². The van der Waals surface area contributed by atoms with Gasteiger partial charge in [0, 0.05) is 71.4 Å². The lowest BCUT2D eigenvalue weighted by Crippen LogP contribution is -2.06. The maximum Gasteiger partial charge on any atom is 0.161 e. The summed E-state index contributed by atoms with van der Waals surface area (Å²) in [4.78, 5) is 10.3. The highest BCUT2D eigenvalue weighted by molar-refractivity contribution is 6.14. The Kier molecular flexibility index (Phi) is 8.05. The third-order valence-corrected chi connectivity index (χ3v) is 13.9. The molecule has 14 aromatic rings. The molecule has 0 radical (unpaired) electrons. The van der Waals surface area contributed by atoms with Gasteiger partial charge in [-0.15, -0.1) is 0 Å². The standard InChI is InChI=1S/C61H39N7/c1-37-31-38(2)64-61(63-37)50-35-57(67-55-25-13-7-19-46(55)48-29-27-40(33-59(48)67)65-51-21-9-3-15-42(51)43-16-4-10-22-52(43)65)39(36-62)32-58(50)68-56-26-14-8-20-47(56)49-30-28-41(34-60(49)68)66-53-23-11-5-17-44(53)45-18-6-12-24-54(45)66/h3-35H,1-2H3. The molecule has 0 fully saturated rings. The van der Waals surface area contributed by atoms with Gasteiger partial charge in [-0.2, -0.15) is 5.26 Å². The predicted octanol–water partition coefficient (Wildman–Crippen LogP) is 15.0. The predicted molar refractivity (Wildman–Crippen MR) is 279 cm³/mol. The molecule has 0 saturated carbocycles. The van der Waals surface area contributed by atoms with Crippen LogP contribution in [-0.4, -0.2) is 28.2 Å². The second-order valence-electron chi connectivity index (χ2n) is 17.8. The van der Waals surface area contributed by atoms with Gasteiger partial charge in [0.25, 0.3) is 0 Å². The maximum absolute atomic E-state index is 11.5. The minimum atomic E-state index is 0.530. The fraction of sp³-hybridized carbons (Fsp3) is 0.0328. The first-order valence-electron chi connectivity index (χ1n) is 23.0. The van der Waals surface area contributed by atoms with Crippen LogP contribution in [0.4, 0.5) is 0 Å². The molecule has 5 aromatic heterocycles. The summed E-state index contributed by atoms with van der Waals surface area (Å²) < 4.78 is 9.29. The maximum atomic E-state index is 11.5. The number of hydrogen-bond donors (Lipinski definition) is 0. The molecule has 7 heteroatoms. The number of benzene rings is 9. The van der Waals surface area contributed by atoms with Gasteiger partial charge < -0.3 is 18.3 Å². The number of nitriles is 1. The van der Waals surface area contributed by atoms with E-state index in [2.05, 4.69) is 218 Å². The number of hydrogen-bond acceptors (Lipinski definition) is 3. The zero-order valence-electron chi connectivity index (χ0n) is 37.2. The SMILES string of the molecule is Cc1cc(C)nc(-c2cc(-n3c4ccccc4c4ccc(-n5c6ccccc6c6ccccc65)cc43)c(C#N)cc2-n2c3ccccc3c3ccc(-n4c5ccccc5c5ccccc54)cc32)n1. The normalized spacial score (nSPS) is 12.0. The van der Waals surface area contributed by atoms with E-state index in [1.807, 2.05) is 19.9 Å². The summed E-state index contributed by atoms with van der Waals surface area (Å²) in [6.45, 7) is 4.04. The van der Waals surface area contributed by atoms with Crippen molar-refractivity contribution in [1.29, 1.82) is 5.26 Å². The summed E-state index contributed by atoms with van der Waals surface area (Å²) in [6, 6.07) is 73.9. The van der Waals surface area contributed by atoms with Gasteiger partial charge in [0.15, 0.2) is 5.82 Å². The molecule has 68 heavy (non-hydrogen) atoms. The van der Waals surface area contributed by atoms with Gasteiger partial charge in [-0.3, -0.25) is 0 Å². The van der Waals surface area contributed by atoms with Crippen LogP contribution in [0, 0.1) is 25.2 Å². The molecule has 14 rings (SSSR count). The van der Waals surface area contributed by atoms with E-state index in [0.717, 1.165) is 105 Å². The first kappa shape index (κ1) is 38.1. The first-order chi connectivity index (χ1) is 33.5. The summed E-state index contributed by atoms with van der Waals surface area (Å²) in [6.07, 6.45) is 0. The summed E-state index contributed by atoms with van der Waals surface area (Å²) in [5.41, 5.74) is 15.4. The van der Waals surface area contributed by atoms with E-state index in [-0.39, 0.29) is 0 Å². The van der Waals surface area contributed by atoms with Gasteiger partial charge in [0.1, 0.15) is 6.07 Å². The highest BCUT2D eigenvalue weighted by atomic mass is 15.0. The molecule has 0 spiro atoms. The van der Waals surface area contributed by atoms with Gasteiger partial charge in [-0.05, 0) is 92.7 Å². The van der Waals surface area contributed by atoms with Crippen molar-refractivity contribution in [2.45, 2.75) is 13.8 Å². The summed E-state index contributed by atoms with van der Waals surface area (Å²) in [7, 11) is 0. The van der Waals surface area contributed by atoms with Crippen LogP contribution in [0.1, 0.15) is 17.0 Å². The van der Waals surface area contributed by atoms with Crippen molar-refractivity contribution in [3.05, 3.63) is 217 Å². The third kappa shape index (κ3) is 5.40. The van der Waals surface area contributed by atoms with Gasteiger partial charge in [-0.1, -0.05) is 121 Å². The van der Waals surface area contributed by atoms with Crippen LogP contribution in [0.15, 0.2) is 200 Å². The summed E-state index contributed by atoms with van der Waals surface area (Å²) in [5, 5.41) is 20.7. The zero-order valence-corrected chi connectivity index (χ0v) is 37.2. The Labute approximate surface area is 390 Å². The van der Waals surface area contributed by atoms with E-state index in [4.69, 9.17) is 9.97 Å². The Morgan fingerprint density at radius 2 is 0.676 bits per heavy atom. The first-order valence-corrected chi connectivity index (χ1v) is 23.0. The minimum Gasteiger partial charge on any atom is -0.309 e. The third-order valence-electron chi connectivity index (χ3n) is 13.9. The molecule has 0 unspecified atom stereocenters. The lowest BCUT2D eigenvalue weighted by Gasteiger charge is -2.19.